The number of aromatic nitrogens is 1. The first-order chi connectivity index (χ1) is 15.9. The summed E-state index contributed by atoms with van der Waals surface area (Å²) in [5, 5.41) is 9.46. The number of nitrogens with zero attached hydrogens (tertiary/aromatic N) is 3. The second-order valence-electron chi connectivity index (χ2n) is 9.93. The molecule has 4 rings (SSSR count). The average Bonchev–Trinajstić information content (AvgIpc) is 3.48. The average molecular weight is 476 g/mol. The van der Waals surface area contributed by atoms with Crippen LogP contribution in [0.4, 0.5) is 14.9 Å². The maximum absolute atomic E-state index is 15.5. The topological polar surface area (TPSA) is 101 Å². The summed E-state index contributed by atoms with van der Waals surface area (Å²) >= 11 is 0. The van der Waals surface area contributed by atoms with Crippen LogP contribution in [0.1, 0.15) is 56.4 Å². The summed E-state index contributed by atoms with van der Waals surface area (Å²) in [6, 6.07) is 0.930. The fourth-order valence-corrected chi connectivity index (χ4v) is 4.47. The summed E-state index contributed by atoms with van der Waals surface area (Å²) in [7, 11) is 3.07. The van der Waals surface area contributed by atoms with Crippen molar-refractivity contribution in [2.24, 2.45) is 0 Å². The molecule has 0 unspecified atom stereocenters. The maximum Gasteiger partial charge on any atom is 0.410 e. The highest BCUT2D eigenvalue weighted by atomic mass is 19.1. The van der Waals surface area contributed by atoms with Crippen LogP contribution in [0.3, 0.4) is 0 Å². The number of rotatable bonds is 5. The molecular formula is C24H30FN3O6. The Morgan fingerprint density at radius 1 is 1.24 bits per heavy atom. The first kappa shape index (κ1) is 23.8. The molecule has 34 heavy (non-hydrogen) atoms. The Morgan fingerprint density at radius 3 is 2.47 bits per heavy atom. The van der Waals surface area contributed by atoms with Crippen molar-refractivity contribution in [1.29, 1.82) is 0 Å². The van der Waals surface area contributed by atoms with Crippen LogP contribution in [-0.2, 0) is 4.74 Å². The van der Waals surface area contributed by atoms with E-state index >= 15 is 4.39 Å². The Kier molecular flexibility index (Phi) is 5.95. The minimum atomic E-state index is -1.35. The third-order valence-electron chi connectivity index (χ3n) is 6.28. The van der Waals surface area contributed by atoms with Crippen molar-refractivity contribution >= 4 is 28.7 Å². The largest absolute Gasteiger partial charge is 0.492 e. The van der Waals surface area contributed by atoms with Gasteiger partial charge >= 0.3 is 12.1 Å². The number of halogens is 1. The SMILES string of the molecule is COc1c(N2CC[C@@H](N(C)C(=O)OC(C)(C)C)C2)c(F)cc2c(=O)c(C(=O)O)cn(C3CC3)c12. The summed E-state index contributed by atoms with van der Waals surface area (Å²) in [5.41, 5.74) is -1.17. The predicted octanol–water partition coefficient (Wildman–Crippen LogP) is 3.63. The quantitative estimate of drug-likeness (QED) is 0.705. The van der Waals surface area contributed by atoms with Crippen molar-refractivity contribution in [3.8, 4) is 5.75 Å². The van der Waals surface area contributed by atoms with Gasteiger partial charge in [-0.2, -0.15) is 0 Å². The van der Waals surface area contributed by atoms with Gasteiger partial charge in [-0.1, -0.05) is 0 Å². The molecule has 1 atom stereocenters. The number of carboxylic acid groups (broad SMARTS) is 1. The number of pyridine rings is 1. The molecule has 1 aliphatic heterocycles. The van der Waals surface area contributed by atoms with Crippen LogP contribution in [0, 0.1) is 5.82 Å². The third-order valence-corrected chi connectivity index (χ3v) is 6.28. The van der Waals surface area contributed by atoms with Gasteiger partial charge in [-0.05, 0) is 46.1 Å². The van der Waals surface area contributed by atoms with Gasteiger partial charge in [0.2, 0.25) is 5.43 Å². The lowest BCUT2D eigenvalue weighted by Gasteiger charge is -2.29. The molecule has 0 radical (unpaired) electrons. The summed E-state index contributed by atoms with van der Waals surface area (Å²) in [5.74, 6) is -1.83. The van der Waals surface area contributed by atoms with Crippen molar-refractivity contribution in [1.82, 2.24) is 9.47 Å². The Bertz CT molecular complexity index is 1210. The molecule has 1 aromatic heterocycles. The van der Waals surface area contributed by atoms with E-state index in [9.17, 15) is 19.5 Å². The summed E-state index contributed by atoms with van der Waals surface area (Å²) in [6.45, 7) is 6.21. The first-order valence-electron chi connectivity index (χ1n) is 11.3. The van der Waals surface area contributed by atoms with E-state index in [0.717, 1.165) is 18.9 Å². The molecule has 1 saturated carbocycles. The van der Waals surface area contributed by atoms with Crippen molar-refractivity contribution in [3.05, 3.63) is 33.9 Å². The number of likely N-dealkylation sites (N-methyl/N-ethyl adjacent to an activating group) is 1. The Labute approximate surface area is 196 Å². The van der Waals surface area contributed by atoms with Gasteiger partial charge in [-0.25, -0.2) is 14.0 Å². The van der Waals surface area contributed by atoms with Gasteiger partial charge in [0.1, 0.15) is 16.9 Å². The summed E-state index contributed by atoms with van der Waals surface area (Å²) < 4.78 is 28.3. The Morgan fingerprint density at radius 2 is 1.91 bits per heavy atom. The van der Waals surface area contributed by atoms with Gasteiger partial charge in [0, 0.05) is 32.4 Å². The molecule has 0 bridgehead atoms. The second-order valence-corrected chi connectivity index (χ2v) is 9.93. The standard InChI is InChI=1S/C24H30FN3O6/c1-24(2,3)34-23(32)26(4)14-8-9-27(11-14)19-17(25)10-15-18(21(19)33-5)28(13-6-7-13)12-16(20(15)29)22(30)31/h10,12-14H,6-9,11H2,1-5H3,(H,30,31)/t14-/m1/s1. The number of fused-ring (bicyclic) bond motifs is 1. The van der Waals surface area contributed by atoms with E-state index in [1.807, 2.05) is 0 Å². The molecule has 2 aliphatic rings. The maximum atomic E-state index is 15.5. The normalized spacial score (nSPS) is 18.3. The van der Waals surface area contributed by atoms with Crippen LogP contribution in [0.25, 0.3) is 10.9 Å². The van der Waals surface area contributed by atoms with Crippen LogP contribution in [0.2, 0.25) is 0 Å². The zero-order chi connectivity index (χ0) is 24.9. The van der Waals surface area contributed by atoms with Crippen LogP contribution in [-0.4, -0.2) is 65.5 Å². The Balaban J connectivity index is 1.76. The number of carboxylic acids is 1. The molecule has 9 nitrogen and oxygen atoms in total. The lowest BCUT2D eigenvalue weighted by molar-refractivity contribution is 0.0237. The second kappa shape index (κ2) is 8.48. The highest BCUT2D eigenvalue weighted by Gasteiger charge is 2.36. The van der Waals surface area contributed by atoms with Crippen molar-refractivity contribution < 1.29 is 28.6 Å². The number of ether oxygens (including phenoxy) is 2. The van der Waals surface area contributed by atoms with E-state index in [0.29, 0.717) is 25.0 Å². The number of carbonyl (C=O) groups excluding carboxylic acids is 1. The zero-order valence-electron chi connectivity index (χ0n) is 20.1. The number of hydrogen-bond donors (Lipinski definition) is 1. The number of aromatic carboxylic acids is 1. The molecule has 1 saturated heterocycles. The molecule has 2 aromatic rings. The van der Waals surface area contributed by atoms with Gasteiger partial charge in [-0.3, -0.25) is 4.79 Å². The fourth-order valence-electron chi connectivity index (χ4n) is 4.47. The molecule has 10 heteroatoms. The number of amides is 1. The molecule has 184 valence electrons. The highest BCUT2D eigenvalue weighted by Crippen LogP contribution is 2.44. The summed E-state index contributed by atoms with van der Waals surface area (Å²) in [6.07, 6.45) is 3.15. The van der Waals surface area contributed by atoms with Gasteiger partial charge in [0.05, 0.1) is 24.1 Å². The number of methoxy groups -OCH3 is 1. The number of hydrogen-bond acceptors (Lipinski definition) is 6. The fraction of sp³-hybridized carbons (Fsp3) is 0.542. The van der Waals surface area contributed by atoms with E-state index < -0.39 is 34.5 Å². The lowest BCUT2D eigenvalue weighted by atomic mass is 10.1. The van der Waals surface area contributed by atoms with Gasteiger partial charge < -0.3 is 28.9 Å². The van der Waals surface area contributed by atoms with E-state index in [1.54, 1.807) is 37.3 Å². The van der Waals surface area contributed by atoms with E-state index in [1.165, 1.54) is 18.2 Å². The monoisotopic (exact) mass is 475 g/mol. The van der Waals surface area contributed by atoms with Gasteiger partial charge in [0.15, 0.2) is 11.6 Å². The van der Waals surface area contributed by atoms with Crippen LogP contribution in [0.5, 0.6) is 5.75 Å². The van der Waals surface area contributed by atoms with Gasteiger partial charge in [-0.15, -0.1) is 0 Å². The number of anilines is 1. The molecule has 1 aromatic carbocycles. The Hall–Kier alpha value is -3.30. The predicted molar refractivity (Wildman–Crippen MR) is 125 cm³/mol. The molecule has 2 fully saturated rings. The number of benzene rings is 1. The number of carbonyl (C=O) groups is 2. The zero-order valence-corrected chi connectivity index (χ0v) is 20.1. The first-order valence-corrected chi connectivity index (χ1v) is 11.3. The third kappa shape index (κ3) is 4.28. The van der Waals surface area contributed by atoms with E-state index in [-0.39, 0.29) is 28.9 Å². The van der Waals surface area contributed by atoms with Crippen LogP contribution in [0.15, 0.2) is 17.1 Å². The van der Waals surface area contributed by atoms with Crippen molar-refractivity contribution in [3.63, 3.8) is 0 Å². The molecule has 1 aliphatic carbocycles. The van der Waals surface area contributed by atoms with Crippen LogP contribution < -0.4 is 15.1 Å². The molecule has 0 spiro atoms. The smallest absolute Gasteiger partial charge is 0.410 e. The lowest BCUT2D eigenvalue weighted by Crippen LogP contribution is -2.42. The van der Waals surface area contributed by atoms with Crippen molar-refractivity contribution in [2.45, 2.75) is 57.7 Å². The minimum absolute atomic E-state index is 0.0217. The van der Waals surface area contributed by atoms with E-state index in [2.05, 4.69) is 0 Å². The van der Waals surface area contributed by atoms with E-state index in [4.69, 9.17) is 9.47 Å². The highest BCUT2D eigenvalue weighted by molar-refractivity contribution is 5.97. The molecule has 1 amide bonds. The minimum Gasteiger partial charge on any atom is -0.492 e. The summed E-state index contributed by atoms with van der Waals surface area (Å²) in [4.78, 5) is 40.3. The molecule has 2 heterocycles. The van der Waals surface area contributed by atoms with Gasteiger partial charge in [0.25, 0.3) is 0 Å². The molecule has 1 N–H and O–H groups in total. The van der Waals surface area contributed by atoms with Crippen LogP contribution >= 0.6 is 0 Å². The molecular weight excluding hydrogens is 445 g/mol. The van der Waals surface area contributed by atoms with Crippen molar-refractivity contribution in [2.75, 3.05) is 32.1 Å².